The Balaban J connectivity index is 1.73. The lowest BCUT2D eigenvalue weighted by atomic mass is 9.85. The van der Waals surface area contributed by atoms with Gasteiger partial charge in [-0.2, -0.15) is 5.26 Å². The zero-order chi connectivity index (χ0) is 20.6. The first-order valence-electron chi connectivity index (χ1n) is 10.4. The number of carbonyl (C=O) groups is 1. The molecule has 5 heteroatoms. The third-order valence-electron chi connectivity index (χ3n) is 5.64. The maximum atomic E-state index is 12.7. The molecule has 1 fully saturated rings. The van der Waals surface area contributed by atoms with E-state index in [0.717, 1.165) is 48.1 Å². The Morgan fingerprint density at radius 3 is 2.59 bits per heavy atom. The SMILES string of the molecule is CCOc1ccc(-c2cccc(C#N)c2)cc1CNC(=O)C1CCC(NC)CC1. The van der Waals surface area contributed by atoms with Crippen molar-refractivity contribution in [3.05, 3.63) is 53.6 Å². The maximum Gasteiger partial charge on any atom is 0.223 e. The molecule has 1 aliphatic carbocycles. The minimum Gasteiger partial charge on any atom is -0.494 e. The van der Waals surface area contributed by atoms with E-state index in [1.807, 2.05) is 50.4 Å². The van der Waals surface area contributed by atoms with Crippen molar-refractivity contribution in [3.8, 4) is 22.9 Å². The number of hydrogen-bond acceptors (Lipinski definition) is 4. The van der Waals surface area contributed by atoms with Crippen molar-refractivity contribution in [2.45, 2.75) is 45.2 Å². The molecule has 2 N–H and O–H groups in total. The van der Waals surface area contributed by atoms with Crippen LogP contribution in [0.4, 0.5) is 0 Å². The van der Waals surface area contributed by atoms with Crippen LogP contribution in [-0.4, -0.2) is 25.6 Å². The molecule has 0 aromatic heterocycles. The summed E-state index contributed by atoms with van der Waals surface area (Å²) in [6.45, 7) is 2.96. The van der Waals surface area contributed by atoms with Crippen molar-refractivity contribution < 1.29 is 9.53 Å². The lowest BCUT2D eigenvalue weighted by molar-refractivity contribution is -0.126. The van der Waals surface area contributed by atoms with Gasteiger partial charge in [-0.15, -0.1) is 0 Å². The van der Waals surface area contributed by atoms with Gasteiger partial charge in [0.05, 0.1) is 18.2 Å². The summed E-state index contributed by atoms with van der Waals surface area (Å²) in [7, 11) is 1.99. The Labute approximate surface area is 173 Å². The number of nitrogens with one attached hydrogen (secondary N) is 2. The van der Waals surface area contributed by atoms with Gasteiger partial charge in [-0.25, -0.2) is 0 Å². The van der Waals surface area contributed by atoms with E-state index in [-0.39, 0.29) is 11.8 Å². The van der Waals surface area contributed by atoms with Crippen LogP contribution in [0.2, 0.25) is 0 Å². The van der Waals surface area contributed by atoms with Crippen LogP contribution in [0, 0.1) is 17.2 Å². The third-order valence-corrected chi connectivity index (χ3v) is 5.64. The van der Waals surface area contributed by atoms with E-state index in [4.69, 9.17) is 10.00 Å². The topological polar surface area (TPSA) is 74.1 Å². The van der Waals surface area contributed by atoms with Crippen LogP contribution in [0.1, 0.15) is 43.7 Å². The first kappa shape index (κ1) is 20.9. The molecule has 5 nitrogen and oxygen atoms in total. The summed E-state index contributed by atoms with van der Waals surface area (Å²) in [5.41, 5.74) is 3.56. The minimum atomic E-state index is 0.0886. The predicted molar refractivity (Wildman–Crippen MR) is 114 cm³/mol. The average molecular weight is 392 g/mol. The van der Waals surface area contributed by atoms with Gasteiger partial charge in [-0.05, 0) is 75.0 Å². The van der Waals surface area contributed by atoms with Crippen LogP contribution in [0.15, 0.2) is 42.5 Å². The fraction of sp³-hybridized carbons (Fsp3) is 0.417. The number of amides is 1. The van der Waals surface area contributed by atoms with Crippen LogP contribution in [0.5, 0.6) is 5.75 Å². The van der Waals surface area contributed by atoms with E-state index < -0.39 is 0 Å². The average Bonchev–Trinajstić information content (AvgIpc) is 2.78. The molecule has 0 atom stereocenters. The molecule has 3 rings (SSSR count). The van der Waals surface area contributed by atoms with Crippen LogP contribution < -0.4 is 15.4 Å². The molecule has 2 aromatic carbocycles. The molecule has 2 aromatic rings. The van der Waals surface area contributed by atoms with Crippen molar-refractivity contribution in [2.24, 2.45) is 5.92 Å². The quantitative estimate of drug-likeness (QED) is 0.748. The Morgan fingerprint density at radius 2 is 1.90 bits per heavy atom. The zero-order valence-corrected chi connectivity index (χ0v) is 17.2. The van der Waals surface area contributed by atoms with E-state index in [0.29, 0.717) is 24.8 Å². The molecule has 0 aliphatic heterocycles. The van der Waals surface area contributed by atoms with Crippen molar-refractivity contribution in [3.63, 3.8) is 0 Å². The van der Waals surface area contributed by atoms with Crippen molar-refractivity contribution in [2.75, 3.05) is 13.7 Å². The third kappa shape index (κ3) is 5.36. The van der Waals surface area contributed by atoms with E-state index >= 15 is 0 Å². The molecular formula is C24H29N3O2. The molecule has 1 amide bonds. The molecule has 1 aliphatic rings. The standard InChI is InChI=1S/C24H29N3O2/c1-3-29-23-12-9-20(19-6-4-5-17(13-19)15-25)14-21(23)16-27-24(28)18-7-10-22(26-2)11-8-18/h4-6,9,12-14,18,22,26H,3,7-8,10-11,16H2,1-2H3,(H,27,28). The molecule has 0 radical (unpaired) electrons. The number of rotatable bonds is 7. The van der Waals surface area contributed by atoms with Crippen LogP contribution >= 0.6 is 0 Å². The molecule has 0 unspecified atom stereocenters. The number of benzene rings is 2. The first-order chi connectivity index (χ1) is 14.1. The van der Waals surface area contributed by atoms with Gasteiger partial charge >= 0.3 is 0 Å². The van der Waals surface area contributed by atoms with Crippen molar-refractivity contribution >= 4 is 5.91 Å². The van der Waals surface area contributed by atoms with Gasteiger partial charge < -0.3 is 15.4 Å². The lowest BCUT2D eigenvalue weighted by Crippen LogP contribution is -2.37. The number of ether oxygens (including phenoxy) is 1. The summed E-state index contributed by atoms with van der Waals surface area (Å²) in [6.07, 6.45) is 3.94. The molecule has 0 saturated heterocycles. The van der Waals surface area contributed by atoms with E-state index in [2.05, 4.69) is 16.7 Å². The van der Waals surface area contributed by atoms with Gasteiger partial charge in [0.2, 0.25) is 5.91 Å². The smallest absolute Gasteiger partial charge is 0.223 e. The first-order valence-corrected chi connectivity index (χ1v) is 10.4. The monoisotopic (exact) mass is 391 g/mol. The lowest BCUT2D eigenvalue weighted by Gasteiger charge is -2.27. The Kier molecular flexibility index (Phi) is 7.26. The normalized spacial score (nSPS) is 18.7. The number of nitrogens with zero attached hydrogens (tertiary/aromatic N) is 1. The molecule has 0 heterocycles. The zero-order valence-electron chi connectivity index (χ0n) is 17.2. The van der Waals surface area contributed by atoms with Gasteiger partial charge in [0.25, 0.3) is 0 Å². The van der Waals surface area contributed by atoms with E-state index in [9.17, 15) is 4.79 Å². The Bertz CT molecular complexity index is 880. The summed E-state index contributed by atoms with van der Waals surface area (Å²) in [5, 5.41) is 15.6. The van der Waals surface area contributed by atoms with Crippen molar-refractivity contribution in [1.82, 2.24) is 10.6 Å². The summed E-state index contributed by atoms with van der Waals surface area (Å²) in [4.78, 5) is 12.7. The van der Waals surface area contributed by atoms with Gasteiger partial charge in [0, 0.05) is 24.1 Å². The van der Waals surface area contributed by atoms with Gasteiger partial charge in [-0.1, -0.05) is 18.2 Å². The molecule has 29 heavy (non-hydrogen) atoms. The largest absolute Gasteiger partial charge is 0.494 e. The second-order valence-electron chi connectivity index (χ2n) is 7.50. The highest BCUT2D eigenvalue weighted by Gasteiger charge is 2.25. The van der Waals surface area contributed by atoms with Gasteiger partial charge in [-0.3, -0.25) is 4.79 Å². The second-order valence-corrected chi connectivity index (χ2v) is 7.50. The highest BCUT2D eigenvalue weighted by atomic mass is 16.5. The number of carbonyl (C=O) groups excluding carboxylic acids is 1. The summed E-state index contributed by atoms with van der Waals surface area (Å²) < 4.78 is 5.77. The molecular weight excluding hydrogens is 362 g/mol. The number of hydrogen-bond donors (Lipinski definition) is 2. The molecule has 152 valence electrons. The van der Waals surface area contributed by atoms with Crippen LogP contribution in [-0.2, 0) is 11.3 Å². The predicted octanol–water partition coefficient (Wildman–Crippen LogP) is 4.02. The van der Waals surface area contributed by atoms with Crippen molar-refractivity contribution in [1.29, 1.82) is 5.26 Å². The molecule has 0 bridgehead atoms. The fourth-order valence-electron chi connectivity index (χ4n) is 3.93. The minimum absolute atomic E-state index is 0.0886. The summed E-state index contributed by atoms with van der Waals surface area (Å²) in [6, 6.07) is 16.2. The van der Waals surface area contributed by atoms with E-state index in [1.165, 1.54) is 0 Å². The van der Waals surface area contributed by atoms with E-state index in [1.54, 1.807) is 6.07 Å². The van der Waals surface area contributed by atoms with Crippen LogP contribution in [0.25, 0.3) is 11.1 Å². The number of nitriles is 1. The van der Waals surface area contributed by atoms with Crippen LogP contribution in [0.3, 0.4) is 0 Å². The highest BCUT2D eigenvalue weighted by molar-refractivity contribution is 5.79. The van der Waals surface area contributed by atoms with Gasteiger partial charge in [0.15, 0.2) is 0 Å². The Morgan fingerprint density at radius 1 is 1.14 bits per heavy atom. The second kappa shape index (κ2) is 10.1. The molecule has 0 spiro atoms. The highest BCUT2D eigenvalue weighted by Crippen LogP contribution is 2.28. The summed E-state index contributed by atoms with van der Waals surface area (Å²) >= 11 is 0. The summed E-state index contributed by atoms with van der Waals surface area (Å²) in [5.74, 6) is 0.997. The van der Waals surface area contributed by atoms with Gasteiger partial charge in [0.1, 0.15) is 5.75 Å². The molecule has 1 saturated carbocycles. The fourth-order valence-corrected chi connectivity index (χ4v) is 3.93. The Hall–Kier alpha value is -2.84. The maximum absolute atomic E-state index is 12.7.